The van der Waals surface area contributed by atoms with Crippen molar-refractivity contribution in [3.8, 4) is 11.3 Å². The second-order valence-corrected chi connectivity index (χ2v) is 3.84. The molecule has 0 spiro atoms. The summed E-state index contributed by atoms with van der Waals surface area (Å²) in [6.07, 6.45) is 5.37. The fraction of sp³-hybridized carbons (Fsp3) is 0. The van der Waals surface area contributed by atoms with E-state index in [1.165, 1.54) is 3.57 Å². The molecule has 13 heavy (non-hydrogen) atoms. The maximum Gasteiger partial charge on any atom is 0.0713 e. The lowest BCUT2D eigenvalue weighted by Crippen LogP contribution is -1.83. The van der Waals surface area contributed by atoms with E-state index in [0.717, 1.165) is 11.3 Å². The lowest BCUT2D eigenvalue weighted by Gasteiger charge is -1.99. The van der Waals surface area contributed by atoms with Crippen LogP contribution in [0.4, 0.5) is 0 Å². The monoisotopic (exact) mass is 282 g/mol. The molecule has 0 amide bonds. The second-order valence-electron chi connectivity index (χ2n) is 2.60. The molecule has 0 saturated heterocycles. The Morgan fingerprint density at radius 3 is 2.46 bits per heavy atom. The molecule has 2 aromatic heterocycles. The smallest absolute Gasteiger partial charge is 0.0713 e. The van der Waals surface area contributed by atoms with Crippen LogP contribution in [-0.2, 0) is 0 Å². The van der Waals surface area contributed by atoms with E-state index in [1.807, 2.05) is 24.4 Å². The van der Waals surface area contributed by atoms with Gasteiger partial charge in [0.2, 0.25) is 0 Å². The number of pyridine rings is 2. The Morgan fingerprint density at radius 1 is 1.00 bits per heavy atom. The molecule has 0 atom stereocenters. The summed E-state index contributed by atoms with van der Waals surface area (Å²) in [6, 6.07) is 7.94. The molecule has 0 radical (unpaired) electrons. The van der Waals surface area contributed by atoms with Crippen molar-refractivity contribution in [2.24, 2.45) is 0 Å². The lowest BCUT2D eigenvalue weighted by molar-refractivity contribution is 1.28. The molecule has 2 heterocycles. The Bertz CT molecular complexity index is 401. The predicted octanol–water partition coefficient (Wildman–Crippen LogP) is 2.75. The highest BCUT2D eigenvalue weighted by Crippen LogP contribution is 2.16. The first-order chi connectivity index (χ1) is 6.36. The summed E-state index contributed by atoms with van der Waals surface area (Å²) in [5.41, 5.74) is 2.10. The summed E-state index contributed by atoms with van der Waals surface area (Å²) in [5, 5.41) is 0. The highest BCUT2D eigenvalue weighted by Gasteiger charge is 1.97. The molecular formula is C10H7IN2. The zero-order valence-electron chi connectivity index (χ0n) is 6.81. The third-order valence-electron chi connectivity index (χ3n) is 1.70. The van der Waals surface area contributed by atoms with Crippen LogP contribution in [0.3, 0.4) is 0 Å². The molecule has 0 bridgehead atoms. The molecule has 2 aromatic rings. The Balaban J connectivity index is 2.48. The fourth-order valence-corrected chi connectivity index (χ4v) is 1.54. The maximum absolute atomic E-state index is 4.28. The summed E-state index contributed by atoms with van der Waals surface area (Å²) in [6.45, 7) is 0. The molecule has 0 N–H and O–H groups in total. The van der Waals surface area contributed by atoms with Crippen molar-refractivity contribution < 1.29 is 0 Å². The van der Waals surface area contributed by atoms with Crippen LogP contribution in [0.1, 0.15) is 0 Å². The highest BCUT2D eigenvalue weighted by molar-refractivity contribution is 14.1. The van der Waals surface area contributed by atoms with Crippen molar-refractivity contribution in [3.05, 3.63) is 46.4 Å². The van der Waals surface area contributed by atoms with E-state index in [1.54, 1.807) is 12.4 Å². The van der Waals surface area contributed by atoms with Crippen LogP contribution in [0.2, 0.25) is 0 Å². The number of aromatic nitrogens is 2. The molecule has 0 aliphatic rings. The number of halogens is 1. The van der Waals surface area contributed by atoms with Gasteiger partial charge in [0.15, 0.2) is 0 Å². The van der Waals surface area contributed by atoms with Crippen molar-refractivity contribution in [2.75, 3.05) is 0 Å². The SMILES string of the molecule is Ic1ccnc(-c2ccncc2)c1. The van der Waals surface area contributed by atoms with E-state index in [0.29, 0.717) is 0 Å². The van der Waals surface area contributed by atoms with Crippen molar-refractivity contribution in [3.63, 3.8) is 0 Å². The van der Waals surface area contributed by atoms with Gasteiger partial charge in [-0.3, -0.25) is 9.97 Å². The van der Waals surface area contributed by atoms with Crippen LogP contribution < -0.4 is 0 Å². The van der Waals surface area contributed by atoms with Crippen LogP contribution in [0.25, 0.3) is 11.3 Å². The topological polar surface area (TPSA) is 25.8 Å². The summed E-state index contributed by atoms with van der Waals surface area (Å²) < 4.78 is 1.19. The largest absolute Gasteiger partial charge is 0.265 e. The zero-order chi connectivity index (χ0) is 9.10. The van der Waals surface area contributed by atoms with Gasteiger partial charge in [-0.25, -0.2) is 0 Å². The third kappa shape index (κ3) is 2.03. The Morgan fingerprint density at radius 2 is 1.77 bits per heavy atom. The van der Waals surface area contributed by atoms with E-state index in [4.69, 9.17) is 0 Å². The van der Waals surface area contributed by atoms with Gasteiger partial charge in [0.05, 0.1) is 5.69 Å². The number of hydrogen-bond donors (Lipinski definition) is 0. The van der Waals surface area contributed by atoms with E-state index in [2.05, 4.69) is 38.6 Å². The molecular weight excluding hydrogens is 275 g/mol. The molecule has 0 unspecified atom stereocenters. The average Bonchev–Trinajstić information content (AvgIpc) is 2.19. The van der Waals surface area contributed by atoms with Crippen LogP contribution in [0.15, 0.2) is 42.9 Å². The predicted molar refractivity (Wildman–Crippen MR) is 60.2 cm³/mol. The lowest BCUT2D eigenvalue weighted by atomic mass is 10.2. The quantitative estimate of drug-likeness (QED) is 0.752. The minimum absolute atomic E-state index is 0.995. The Hall–Kier alpha value is -0.970. The van der Waals surface area contributed by atoms with Crippen molar-refractivity contribution >= 4 is 22.6 Å². The molecule has 2 rings (SSSR count). The van der Waals surface area contributed by atoms with Gasteiger partial charge in [-0.1, -0.05) is 0 Å². The average molecular weight is 282 g/mol. The number of nitrogens with zero attached hydrogens (tertiary/aromatic N) is 2. The van der Waals surface area contributed by atoms with Gasteiger partial charge in [-0.2, -0.15) is 0 Å². The first kappa shape index (κ1) is 8.62. The standard InChI is InChI=1S/C10H7IN2/c11-9-3-6-13-10(7-9)8-1-4-12-5-2-8/h1-7H. The minimum atomic E-state index is 0.995. The molecule has 3 heteroatoms. The minimum Gasteiger partial charge on any atom is -0.265 e. The van der Waals surface area contributed by atoms with Gasteiger partial charge < -0.3 is 0 Å². The van der Waals surface area contributed by atoms with Gasteiger partial charge in [0, 0.05) is 27.7 Å². The Kier molecular flexibility index (Phi) is 2.54. The molecule has 0 aliphatic heterocycles. The Labute approximate surface area is 90.2 Å². The van der Waals surface area contributed by atoms with Crippen molar-refractivity contribution in [2.45, 2.75) is 0 Å². The zero-order valence-corrected chi connectivity index (χ0v) is 8.97. The second kappa shape index (κ2) is 3.83. The van der Waals surface area contributed by atoms with Crippen molar-refractivity contribution in [1.29, 1.82) is 0 Å². The highest BCUT2D eigenvalue weighted by atomic mass is 127. The molecule has 2 nitrogen and oxygen atoms in total. The van der Waals surface area contributed by atoms with Crippen molar-refractivity contribution in [1.82, 2.24) is 9.97 Å². The fourth-order valence-electron chi connectivity index (χ4n) is 1.09. The molecule has 0 saturated carbocycles. The van der Waals surface area contributed by atoms with Gasteiger partial charge in [0.1, 0.15) is 0 Å². The van der Waals surface area contributed by atoms with Crippen LogP contribution >= 0.6 is 22.6 Å². The number of hydrogen-bond acceptors (Lipinski definition) is 2. The molecule has 64 valence electrons. The normalized spacial score (nSPS) is 9.92. The van der Waals surface area contributed by atoms with Gasteiger partial charge in [-0.05, 0) is 46.9 Å². The van der Waals surface area contributed by atoms with Crippen LogP contribution in [0, 0.1) is 3.57 Å². The van der Waals surface area contributed by atoms with E-state index < -0.39 is 0 Å². The van der Waals surface area contributed by atoms with E-state index in [9.17, 15) is 0 Å². The van der Waals surface area contributed by atoms with E-state index in [-0.39, 0.29) is 0 Å². The summed E-state index contributed by atoms with van der Waals surface area (Å²) >= 11 is 2.28. The number of rotatable bonds is 1. The maximum atomic E-state index is 4.28. The van der Waals surface area contributed by atoms with Gasteiger partial charge >= 0.3 is 0 Å². The van der Waals surface area contributed by atoms with Gasteiger partial charge in [0.25, 0.3) is 0 Å². The summed E-state index contributed by atoms with van der Waals surface area (Å²) in [7, 11) is 0. The molecule has 0 aliphatic carbocycles. The summed E-state index contributed by atoms with van der Waals surface area (Å²) in [4.78, 5) is 8.24. The third-order valence-corrected chi connectivity index (χ3v) is 2.37. The molecule has 0 fully saturated rings. The summed E-state index contributed by atoms with van der Waals surface area (Å²) in [5.74, 6) is 0. The first-order valence-electron chi connectivity index (χ1n) is 3.88. The first-order valence-corrected chi connectivity index (χ1v) is 4.96. The van der Waals surface area contributed by atoms with Crippen LogP contribution in [-0.4, -0.2) is 9.97 Å². The molecule has 0 aromatic carbocycles. The van der Waals surface area contributed by atoms with E-state index >= 15 is 0 Å². The van der Waals surface area contributed by atoms with Gasteiger partial charge in [-0.15, -0.1) is 0 Å². The van der Waals surface area contributed by atoms with Crippen LogP contribution in [0.5, 0.6) is 0 Å².